The molecule has 4 rings (SSSR count). The van der Waals surface area contributed by atoms with Gasteiger partial charge in [-0.25, -0.2) is 17.4 Å². The van der Waals surface area contributed by atoms with Crippen LogP contribution in [-0.4, -0.2) is 54.4 Å². The summed E-state index contributed by atoms with van der Waals surface area (Å²) < 4.78 is 27.5. The quantitative estimate of drug-likeness (QED) is 0.570. The number of anilines is 1. The van der Waals surface area contributed by atoms with E-state index in [-0.39, 0.29) is 34.8 Å². The number of benzene rings is 1. The minimum absolute atomic E-state index is 0.0857. The standard InChI is InChI=1S/C23H22N6O3S/c1-16-14-28(21(30)8-10-24)15-20(16)27(2)22-17(12-25)13-26-23-19(22)9-11-29(23)33(31,32)18-6-4-3-5-7-18/h3-7,9,11,13,16,20H,8,14-15H2,1-2H3. The summed E-state index contributed by atoms with van der Waals surface area (Å²) in [6.45, 7) is 2.93. The van der Waals surface area contributed by atoms with Gasteiger partial charge in [-0.05, 0) is 24.1 Å². The highest BCUT2D eigenvalue weighted by Gasteiger charge is 2.36. The Morgan fingerprint density at radius 2 is 1.94 bits per heavy atom. The fourth-order valence-corrected chi connectivity index (χ4v) is 5.74. The number of likely N-dealkylation sites (N-methyl/N-ethyl adjacent to an activating group) is 1. The Bertz CT molecular complexity index is 1400. The molecule has 0 spiro atoms. The Hall–Kier alpha value is -3.89. The van der Waals surface area contributed by atoms with Gasteiger partial charge in [0.25, 0.3) is 10.0 Å². The summed E-state index contributed by atoms with van der Waals surface area (Å²) in [5.74, 6) is -0.136. The summed E-state index contributed by atoms with van der Waals surface area (Å²) in [6, 6.07) is 13.7. The molecule has 1 aromatic carbocycles. The van der Waals surface area contributed by atoms with E-state index in [1.807, 2.05) is 24.9 Å². The molecule has 3 aromatic rings. The second-order valence-electron chi connectivity index (χ2n) is 8.09. The highest BCUT2D eigenvalue weighted by molar-refractivity contribution is 7.90. The molecule has 1 fully saturated rings. The van der Waals surface area contributed by atoms with Gasteiger partial charge < -0.3 is 9.80 Å². The monoisotopic (exact) mass is 462 g/mol. The van der Waals surface area contributed by atoms with Crippen molar-refractivity contribution in [3.63, 3.8) is 0 Å². The highest BCUT2D eigenvalue weighted by Crippen LogP contribution is 2.35. The Labute approximate surface area is 192 Å². The number of rotatable bonds is 5. The van der Waals surface area contributed by atoms with Crippen molar-refractivity contribution in [3.05, 3.63) is 54.4 Å². The van der Waals surface area contributed by atoms with Crippen LogP contribution in [0.25, 0.3) is 11.0 Å². The number of amides is 1. The van der Waals surface area contributed by atoms with Crippen molar-refractivity contribution < 1.29 is 13.2 Å². The molecule has 2 atom stereocenters. The van der Waals surface area contributed by atoms with E-state index in [1.165, 1.54) is 24.5 Å². The predicted molar refractivity (Wildman–Crippen MR) is 122 cm³/mol. The maximum atomic E-state index is 13.2. The van der Waals surface area contributed by atoms with Gasteiger partial charge in [0, 0.05) is 37.9 Å². The van der Waals surface area contributed by atoms with Gasteiger partial charge >= 0.3 is 0 Å². The van der Waals surface area contributed by atoms with Gasteiger partial charge in [-0.15, -0.1) is 0 Å². The number of fused-ring (bicyclic) bond motifs is 1. The molecule has 3 heterocycles. The first kappa shape index (κ1) is 22.3. The first-order valence-electron chi connectivity index (χ1n) is 10.4. The van der Waals surface area contributed by atoms with E-state index in [2.05, 4.69) is 11.1 Å². The molecule has 0 N–H and O–H groups in total. The van der Waals surface area contributed by atoms with Gasteiger partial charge in [-0.3, -0.25) is 4.79 Å². The van der Waals surface area contributed by atoms with Crippen LogP contribution in [0.5, 0.6) is 0 Å². The summed E-state index contributed by atoms with van der Waals surface area (Å²) in [7, 11) is -2.04. The van der Waals surface area contributed by atoms with Crippen molar-refractivity contribution >= 4 is 32.7 Å². The van der Waals surface area contributed by atoms with Crippen molar-refractivity contribution in [1.82, 2.24) is 13.9 Å². The molecule has 1 aliphatic heterocycles. The van der Waals surface area contributed by atoms with Crippen LogP contribution in [0, 0.1) is 28.6 Å². The number of aromatic nitrogens is 2. The zero-order chi connectivity index (χ0) is 23.8. The average Bonchev–Trinajstić information content (AvgIpc) is 3.43. The van der Waals surface area contributed by atoms with Crippen LogP contribution in [0.3, 0.4) is 0 Å². The second-order valence-corrected chi connectivity index (χ2v) is 9.90. The van der Waals surface area contributed by atoms with Crippen LogP contribution in [0.2, 0.25) is 0 Å². The van der Waals surface area contributed by atoms with Crippen molar-refractivity contribution in [1.29, 1.82) is 10.5 Å². The third kappa shape index (κ3) is 3.79. The first-order valence-corrected chi connectivity index (χ1v) is 11.8. The van der Waals surface area contributed by atoms with Crippen LogP contribution in [0.4, 0.5) is 5.69 Å². The molecule has 1 amide bonds. The maximum Gasteiger partial charge on any atom is 0.269 e. The fourth-order valence-electron chi connectivity index (χ4n) is 4.41. The highest BCUT2D eigenvalue weighted by atomic mass is 32.2. The normalized spacial score (nSPS) is 18.1. The van der Waals surface area contributed by atoms with Crippen molar-refractivity contribution in [2.45, 2.75) is 24.3 Å². The molecule has 1 saturated heterocycles. The molecule has 1 aliphatic rings. The van der Waals surface area contributed by atoms with Crippen molar-refractivity contribution in [2.24, 2.45) is 5.92 Å². The van der Waals surface area contributed by atoms with Crippen LogP contribution >= 0.6 is 0 Å². The molecule has 9 nitrogen and oxygen atoms in total. The lowest BCUT2D eigenvalue weighted by Gasteiger charge is -2.30. The Morgan fingerprint density at radius 1 is 1.21 bits per heavy atom. The molecule has 2 aromatic heterocycles. The van der Waals surface area contributed by atoms with E-state index in [4.69, 9.17) is 5.26 Å². The predicted octanol–water partition coefficient (Wildman–Crippen LogP) is 2.34. The smallest absolute Gasteiger partial charge is 0.269 e. The van der Waals surface area contributed by atoms with E-state index in [0.29, 0.717) is 29.7 Å². The first-order chi connectivity index (χ1) is 15.8. The average molecular weight is 463 g/mol. The summed E-state index contributed by atoms with van der Waals surface area (Å²) in [4.78, 5) is 20.2. The number of hydrogen-bond donors (Lipinski definition) is 0. The SMILES string of the molecule is CC1CN(C(=O)CC#N)CC1N(C)c1c(C#N)cnc2c1ccn2S(=O)(=O)c1ccccc1. The van der Waals surface area contributed by atoms with Gasteiger partial charge in [0.2, 0.25) is 5.91 Å². The molecule has 0 aliphatic carbocycles. The van der Waals surface area contributed by atoms with Gasteiger partial charge in [-0.2, -0.15) is 10.5 Å². The molecule has 10 heteroatoms. The lowest BCUT2D eigenvalue weighted by atomic mass is 10.0. The molecule has 168 valence electrons. The molecule has 2 unspecified atom stereocenters. The lowest BCUT2D eigenvalue weighted by Crippen LogP contribution is -2.39. The van der Waals surface area contributed by atoms with E-state index in [1.54, 1.807) is 29.2 Å². The third-order valence-corrected chi connectivity index (χ3v) is 7.76. The van der Waals surface area contributed by atoms with E-state index >= 15 is 0 Å². The Kier molecular flexibility index (Phi) is 5.79. The Morgan fingerprint density at radius 3 is 2.61 bits per heavy atom. The van der Waals surface area contributed by atoms with E-state index in [9.17, 15) is 18.5 Å². The van der Waals surface area contributed by atoms with Crippen LogP contribution < -0.4 is 4.90 Å². The number of hydrogen-bond acceptors (Lipinski definition) is 7. The molecule has 33 heavy (non-hydrogen) atoms. The third-order valence-electron chi connectivity index (χ3n) is 6.08. The minimum Gasteiger partial charge on any atom is -0.368 e. The van der Waals surface area contributed by atoms with Crippen molar-refractivity contribution in [3.8, 4) is 12.1 Å². The largest absolute Gasteiger partial charge is 0.368 e. The fraction of sp³-hybridized carbons (Fsp3) is 0.304. The van der Waals surface area contributed by atoms with Crippen LogP contribution in [-0.2, 0) is 14.8 Å². The molecule has 0 saturated carbocycles. The van der Waals surface area contributed by atoms with Gasteiger partial charge in [-0.1, -0.05) is 25.1 Å². The minimum atomic E-state index is -3.87. The van der Waals surface area contributed by atoms with Crippen LogP contribution in [0.1, 0.15) is 18.9 Å². The number of likely N-dealkylation sites (tertiary alicyclic amines) is 1. The molecule has 0 radical (unpaired) electrons. The van der Waals surface area contributed by atoms with E-state index < -0.39 is 10.0 Å². The number of nitrogens with zero attached hydrogens (tertiary/aromatic N) is 6. The Balaban J connectivity index is 1.78. The summed E-state index contributed by atoms with van der Waals surface area (Å²) in [5, 5.41) is 19.1. The van der Waals surface area contributed by atoms with Gasteiger partial charge in [0.05, 0.1) is 28.3 Å². The van der Waals surface area contributed by atoms with E-state index in [0.717, 1.165) is 3.97 Å². The molecule has 0 bridgehead atoms. The zero-order valence-electron chi connectivity index (χ0n) is 18.2. The topological polar surface area (TPSA) is 123 Å². The lowest BCUT2D eigenvalue weighted by molar-refractivity contribution is -0.129. The van der Waals surface area contributed by atoms with Crippen molar-refractivity contribution in [2.75, 3.05) is 25.0 Å². The zero-order valence-corrected chi connectivity index (χ0v) is 19.0. The molecular formula is C23H22N6O3S. The summed E-state index contributed by atoms with van der Waals surface area (Å²) in [6.07, 6.45) is 2.65. The van der Waals surface area contributed by atoms with Gasteiger partial charge in [0.1, 0.15) is 12.5 Å². The number of carbonyl (C=O) groups excluding carboxylic acids is 1. The van der Waals surface area contributed by atoms with Crippen LogP contribution in [0.15, 0.2) is 53.7 Å². The summed E-state index contributed by atoms with van der Waals surface area (Å²) >= 11 is 0. The number of nitriles is 2. The maximum absolute atomic E-state index is 13.2. The second kappa shape index (κ2) is 8.57. The number of carbonyl (C=O) groups is 1. The number of pyridine rings is 1. The van der Waals surface area contributed by atoms with Gasteiger partial charge in [0.15, 0.2) is 5.65 Å². The molecular weight excluding hydrogens is 440 g/mol. The summed E-state index contributed by atoms with van der Waals surface area (Å²) in [5.41, 5.74) is 1.10.